The van der Waals surface area contributed by atoms with Crippen LogP contribution >= 0.6 is 0 Å². The van der Waals surface area contributed by atoms with Gasteiger partial charge in [-0.2, -0.15) is 0 Å². The monoisotopic (exact) mass is 301 g/mol. The van der Waals surface area contributed by atoms with E-state index in [4.69, 9.17) is 0 Å². The molecule has 1 aromatic carbocycles. The van der Waals surface area contributed by atoms with E-state index < -0.39 is 0 Å². The van der Waals surface area contributed by atoms with E-state index in [1.165, 1.54) is 12.3 Å². The fraction of sp³-hybridized carbons (Fsp3) is 0.294. The standard InChI is InChI=1S/C17H20FN3O/c1-12(2)21-15-9-14(10-19-11-15)17(22)20-8-7-13-5-3-4-6-16(13)18/h3-6,9-12,21H,7-8H2,1-2H3,(H,20,22). The highest BCUT2D eigenvalue weighted by molar-refractivity contribution is 5.94. The van der Waals surface area contributed by atoms with Crippen LogP contribution in [0.25, 0.3) is 0 Å². The second-order valence-corrected chi connectivity index (χ2v) is 5.36. The highest BCUT2D eigenvalue weighted by atomic mass is 19.1. The van der Waals surface area contributed by atoms with Crippen molar-refractivity contribution in [1.29, 1.82) is 0 Å². The van der Waals surface area contributed by atoms with Gasteiger partial charge in [0.25, 0.3) is 5.91 Å². The molecule has 0 bridgehead atoms. The van der Waals surface area contributed by atoms with Crippen molar-refractivity contribution in [3.8, 4) is 0 Å². The Hall–Kier alpha value is -2.43. The number of amides is 1. The Labute approximate surface area is 129 Å². The van der Waals surface area contributed by atoms with Crippen molar-refractivity contribution in [2.45, 2.75) is 26.3 Å². The number of nitrogens with zero attached hydrogens (tertiary/aromatic N) is 1. The number of halogens is 1. The van der Waals surface area contributed by atoms with E-state index in [2.05, 4.69) is 15.6 Å². The van der Waals surface area contributed by atoms with Crippen LogP contribution in [0, 0.1) is 5.82 Å². The molecule has 0 radical (unpaired) electrons. The third-order valence-corrected chi connectivity index (χ3v) is 3.09. The quantitative estimate of drug-likeness (QED) is 0.862. The van der Waals surface area contributed by atoms with E-state index in [9.17, 15) is 9.18 Å². The summed E-state index contributed by atoms with van der Waals surface area (Å²) in [6.07, 6.45) is 3.65. The van der Waals surface area contributed by atoms with Crippen LogP contribution in [0.2, 0.25) is 0 Å². The SMILES string of the molecule is CC(C)Nc1cncc(C(=O)NCCc2ccccc2F)c1. The summed E-state index contributed by atoms with van der Waals surface area (Å²) in [5.41, 5.74) is 1.88. The summed E-state index contributed by atoms with van der Waals surface area (Å²) >= 11 is 0. The number of anilines is 1. The Morgan fingerprint density at radius 2 is 2.05 bits per heavy atom. The van der Waals surface area contributed by atoms with E-state index in [1.807, 2.05) is 13.8 Å². The first-order valence-electron chi connectivity index (χ1n) is 7.29. The summed E-state index contributed by atoms with van der Waals surface area (Å²) in [5, 5.41) is 5.98. The predicted octanol–water partition coefficient (Wildman–Crippen LogP) is 3.01. The average molecular weight is 301 g/mol. The van der Waals surface area contributed by atoms with Crippen LogP contribution in [0.3, 0.4) is 0 Å². The van der Waals surface area contributed by atoms with E-state index in [0.29, 0.717) is 24.1 Å². The van der Waals surface area contributed by atoms with Crippen molar-refractivity contribution in [1.82, 2.24) is 10.3 Å². The van der Waals surface area contributed by atoms with Crippen molar-refractivity contribution >= 4 is 11.6 Å². The number of hydrogen-bond donors (Lipinski definition) is 2. The van der Waals surface area contributed by atoms with Crippen LogP contribution in [0.1, 0.15) is 29.8 Å². The van der Waals surface area contributed by atoms with Gasteiger partial charge in [-0.15, -0.1) is 0 Å². The fourth-order valence-corrected chi connectivity index (χ4v) is 2.09. The Balaban J connectivity index is 1.91. The molecule has 0 aliphatic heterocycles. The third kappa shape index (κ3) is 4.55. The van der Waals surface area contributed by atoms with Gasteiger partial charge in [-0.25, -0.2) is 4.39 Å². The van der Waals surface area contributed by atoms with Crippen molar-refractivity contribution in [3.05, 3.63) is 59.7 Å². The molecule has 0 saturated carbocycles. The molecule has 0 atom stereocenters. The lowest BCUT2D eigenvalue weighted by atomic mass is 10.1. The molecule has 0 spiro atoms. The molecule has 1 aromatic heterocycles. The van der Waals surface area contributed by atoms with Gasteiger partial charge in [-0.05, 0) is 38.0 Å². The van der Waals surface area contributed by atoms with E-state index in [-0.39, 0.29) is 17.8 Å². The van der Waals surface area contributed by atoms with Gasteiger partial charge in [0.2, 0.25) is 0 Å². The molecule has 2 aromatic rings. The maximum atomic E-state index is 13.5. The Kier molecular flexibility index (Phi) is 5.47. The van der Waals surface area contributed by atoms with Gasteiger partial charge >= 0.3 is 0 Å². The number of carbonyl (C=O) groups is 1. The van der Waals surface area contributed by atoms with Gasteiger partial charge in [-0.3, -0.25) is 9.78 Å². The van der Waals surface area contributed by atoms with Crippen LogP contribution in [-0.2, 0) is 6.42 Å². The first kappa shape index (κ1) is 15.9. The topological polar surface area (TPSA) is 54.0 Å². The van der Waals surface area contributed by atoms with Crippen LogP contribution in [-0.4, -0.2) is 23.5 Å². The second-order valence-electron chi connectivity index (χ2n) is 5.36. The molecule has 4 nitrogen and oxygen atoms in total. The van der Waals surface area contributed by atoms with Crippen molar-refractivity contribution in [2.24, 2.45) is 0 Å². The summed E-state index contributed by atoms with van der Waals surface area (Å²) in [5.74, 6) is -0.460. The van der Waals surface area contributed by atoms with Crippen molar-refractivity contribution < 1.29 is 9.18 Å². The lowest BCUT2D eigenvalue weighted by Gasteiger charge is -2.11. The molecule has 0 saturated heterocycles. The van der Waals surface area contributed by atoms with Gasteiger partial charge in [0.05, 0.1) is 11.3 Å². The zero-order valence-electron chi connectivity index (χ0n) is 12.8. The highest BCUT2D eigenvalue weighted by Gasteiger charge is 2.08. The normalized spacial score (nSPS) is 10.5. The minimum Gasteiger partial charge on any atom is -0.382 e. The molecule has 22 heavy (non-hydrogen) atoms. The maximum Gasteiger partial charge on any atom is 0.252 e. The first-order valence-corrected chi connectivity index (χ1v) is 7.29. The van der Waals surface area contributed by atoms with Crippen LogP contribution in [0.4, 0.5) is 10.1 Å². The lowest BCUT2D eigenvalue weighted by molar-refractivity contribution is 0.0953. The molecule has 0 fully saturated rings. The van der Waals surface area contributed by atoms with E-state index in [1.54, 1.807) is 30.5 Å². The number of rotatable bonds is 6. The summed E-state index contributed by atoms with van der Waals surface area (Å²) in [6, 6.07) is 8.59. The molecule has 0 unspecified atom stereocenters. The second kappa shape index (κ2) is 7.54. The van der Waals surface area contributed by atoms with Crippen LogP contribution in [0.5, 0.6) is 0 Å². The number of pyridine rings is 1. The zero-order valence-corrected chi connectivity index (χ0v) is 12.8. The van der Waals surface area contributed by atoms with Crippen molar-refractivity contribution in [3.63, 3.8) is 0 Å². The lowest BCUT2D eigenvalue weighted by Crippen LogP contribution is -2.26. The van der Waals surface area contributed by atoms with Gasteiger partial charge in [0, 0.05) is 25.0 Å². The highest BCUT2D eigenvalue weighted by Crippen LogP contribution is 2.10. The van der Waals surface area contributed by atoms with Crippen LogP contribution in [0.15, 0.2) is 42.7 Å². The number of aromatic nitrogens is 1. The molecule has 1 heterocycles. The molecule has 0 aliphatic rings. The number of hydrogen-bond acceptors (Lipinski definition) is 3. The molecule has 116 valence electrons. The molecule has 5 heteroatoms. The van der Waals surface area contributed by atoms with E-state index in [0.717, 1.165) is 5.69 Å². The molecule has 2 rings (SSSR count). The molecule has 0 aliphatic carbocycles. The summed E-state index contributed by atoms with van der Waals surface area (Å²) in [6.45, 7) is 4.41. The Morgan fingerprint density at radius 1 is 1.27 bits per heavy atom. The first-order chi connectivity index (χ1) is 10.6. The minimum atomic E-state index is -0.249. The largest absolute Gasteiger partial charge is 0.382 e. The number of benzene rings is 1. The number of carbonyl (C=O) groups excluding carboxylic acids is 1. The smallest absolute Gasteiger partial charge is 0.252 e. The van der Waals surface area contributed by atoms with Gasteiger partial charge in [-0.1, -0.05) is 18.2 Å². The van der Waals surface area contributed by atoms with Gasteiger partial charge in [0.1, 0.15) is 5.82 Å². The van der Waals surface area contributed by atoms with Gasteiger partial charge < -0.3 is 10.6 Å². The maximum absolute atomic E-state index is 13.5. The third-order valence-electron chi connectivity index (χ3n) is 3.09. The molecule has 1 amide bonds. The minimum absolute atomic E-state index is 0.212. The molecule has 2 N–H and O–H groups in total. The Morgan fingerprint density at radius 3 is 2.77 bits per heavy atom. The summed E-state index contributed by atoms with van der Waals surface area (Å²) in [7, 11) is 0. The Bertz CT molecular complexity index is 643. The van der Waals surface area contributed by atoms with Crippen molar-refractivity contribution in [2.75, 3.05) is 11.9 Å². The summed E-state index contributed by atoms with van der Waals surface area (Å²) in [4.78, 5) is 16.1. The molecular formula is C17H20FN3O. The molecular weight excluding hydrogens is 281 g/mol. The zero-order chi connectivity index (χ0) is 15.9. The average Bonchev–Trinajstić information content (AvgIpc) is 2.48. The van der Waals surface area contributed by atoms with Gasteiger partial charge in [0.15, 0.2) is 0 Å². The van der Waals surface area contributed by atoms with Crippen LogP contribution < -0.4 is 10.6 Å². The number of nitrogens with one attached hydrogen (secondary N) is 2. The summed E-state index contributed by atoms with van der Waals surface area (Å²) < 4.78 is 13.5. The van der Waals surface area contributed by atoms with E-state index >= 15 is 0 Å². The predicted molar refractivity (Wildman–Crippen MR) is 85.4 cm³/mol. The fourth-order valence-electron chi connectivity index (χ4n) is 2.09.